The molecule has 1 N–H and O–H groups in total. The third-order valence-corrected chi connectivity index (χ3v) is 8.33. The molecular weight excluding hydrogens is 378 g/mol. The summed E-state index contributed by atoms with van der Waals surface area (Å²) in [5.41, 5.74) is 0. The fourth-order valence-electron chi connectivity index (χ4n) is 2.62. The predicted octanol–water partition coefficient (Wildman–Crippen LogP) is 0.488. The standard InChI is InChI=1S/C14H20ClNO6S2/c1-21-14(22-2)7-16-12-8-23(17,18)9-13(12)24(19,20)11-5-3-10(15)4-6-11/h3-6,12-14,16H,7-9H2,1-2H3. The predicted molar refractivity (Wildman–Crippen MR) is 90.7 cm³/mol. The summed E-state index contributed by atoms with van der Waals surface area (Å²) >= 11 is 5.78. The van der Waals surface area contributed by atoms with Crippen LogP contribution in [-0.4, -0.2) is 66.7 Å². The first-order valence-electron chi connectivity index (χ1n) is 7.18. The Morgan fingerprint density at radius 2 is 1.79 bits per heavy atom. The van der Waals surface area contributed by atoms with E-state index in [1.165, 1.54) is 38.5 Å². The topological polar surface area (TPSA) is 98.8 Å². The van der Waals surface area contributed by atoms with Crippen LogP contribution >= 0.6 is 11.6 Å². The van der Waals surface area contributed by atoms with Crippen LogP contribution in [0.5, 0.6) is 0 Å². The Bertz CT molecular complexity index is 759. The van der Waals surface area contributed by atoms with Crippen molar-refractivity contribution in [2.45, 2.75) is 22.5 Å². The van der Waals surface area contributed by atoms with Gasteiger partial charge in [-0.3, -0.25) is 0 Å². The molecule has 0 amide bonds. The summed E-state index contributed by atoms with van der Waals surface area (Å²) in [5.74, 6) is -0.662. The highest BCUT2D eigenvalue weighted by Gasteiger charge is 2.45. The molecule has 2 rings (SSSR count). The van der Waals surface area contributed by atoms with Gasteiger partial charge in [0.25, 0.3) is 0 Å². The van der Waals surface area contributed by atoms with Crippen molar-refractivity contribution in [1.82, 2.24) is 5.32 Å². The number of ether oxygens (including phenoxy) is 2. The Balaban J connectivity index is 2.25. The zero-order valence-electron chi connectivity index (χ0n) is 13.3. The Kier molecular flexibility index (Phi) is 6.27. The molecule has 1 aliphatic rings. The van der Waals surface area contributed by atoms with Crippen molar-refractivity contribution in [2.24, 2.45) is 0 Å². The minimum atomic E-state index is -3.82. The lowest BCUT2D eigenvalue weighted by molar-refractivity contribution is -0.0995. The second-order valence-corrected chi connectivity index (χ2v) is 10.3. The van der Waals surface area contributed by atoms with Crippen LogP contribution in [0.3, 0.4) is 0 Å². The number of hydrogen-bond donors (Lipinski definition) is 1. The Hall–Kier alpha value is -0.710. The second-order valence-electron chi connectivity index (χ2n) is 5.53. The molecule has 24 heavy (non-hydrogen) atoms. The van der Waals surface area contributed by atoms with Gasteiger partial charge in [-0.15, -0.1) is 0 Å². The molecule has 0 aromatic heterocycles. The molecular formula is C14H20ClNO6S2. The molecule has 0 radical (unpaired) electrons. The summed E-state index contributed by atoms with van der Waals surface area (Å²) in [7, 11) is -4.38. The van der Waals surface area contributed by atoms with Crippen molar-refractivity contribution in [3.63, 3.8) is 0 Å². The van der Waals surface area contributed by atoms with Crippen LogP contribution in [0, 0.1) is 0 Å². The highest BCUT2D eigenvalue weighted by atomic mass is 35.5. The normalized spacial score (nSPS) is 23.7. The average Bonchev–Trinajstić information content (AvgIpc) is 2.84. The molecule has 1 aromatic rings. The van der Waals surface area contributed by atoms with E-state index in [9.17, 15) is 16.8 Å². The zero-order chi connectivity index (χ0) is 18.0. The third-order valence-electron chi connectivity index (χ3n) is 3.91. The van der Waals surface area contributed by atoms with Gasteiger partial charge in [-0.1, -0.05) is 11.6 Å². The Morgan fingerprint density at radius 1 is 1.21 bits per heavy atom. The first kappa shape index (κ1) is 19.6. The number of methoxy groups -OCH3 is 2. The molecule has 136 valence electrons. The van der Waals surface area contributed by atoms with Crippen molar-refractivity contribution in [1.29, 1.82) is 0 Å². The monoisotopic (exact) mass is 397 g/mol. The molecule has 0 saturated carbocycles. The fraction of sp³-hybridized carbons (Fsp3) is 0.571. The van der Waals surface area contributed by atoms with Gasteiger partial charge in [0.05, 0.1) is 21.7 Å². The molecule has 1 aliphatic heterocycles. The third kappa shape index (κ3) is 4.47. The van der Waals surface area contributed by atoms with Crippen LogP contribution in [0.15, 0.2) is 29.2 Å². The zero-order valence-corrected chi connectivity index (χ0v) is 15.7. The molecule has 1 fully saturated rings. The number of benzene rings is 1. The summed E-state index contributed by atoms with van der Waals surface area (Å²) < 4.78 is 59.7. The number of sulfone groups is 2. The van der Waals surface area contributed by atoms with Crippen LogP contribution in [0.4, 0.5) is 0 Å². The van der Waals surface area contributed by atoms with Gasteiger partial charge >= 0.3 is 0 Å². The van der Waals surface area contributed by atoms with Crippen LogP contribution in [0.25, 0.3) is 0 Å². The van der Waals surface area contributed by atoms with Gasteiger partial charge in [0, 0.05) is 31.8 Å². The van der Waals surface area contributed by atoms with Gasteiger partial charge in [-0.2, -0.15) is 0 Å². The van der Waals surface area contributed by atoms with E-state index in [0.717, 1.165) is 0 Å². The van der Waals surface area contributed by atoms with E-state index < -0.39 is 43.0 Å². The van der Waals surface area contributed by atoms with Gasteiger partial charge in [-0.05, 0) is 24.3 Å². The maximum Gasteiger partial charge on any atom is 0.183 e. The molecule has 0 spiro atoms. The highest BCUT2D eigenvalue weighted by molar-refractivity contribution is 7.96. The smallest absolute Gasteiger partial charge is 0.183 e. The van der Waals surface area contributed by atoms with E-state index in [1.807, 2.05) is 0 Å². The molecule has 2 unspecified atom stereocenters. The minimum Gasteiger partial charge on any atom is -0.355 e. The fourth-order valence-corrected chi connectivity index (χ4v) is 7.46. The van der Waals surface area contributed by atoms with Crippen LogP contribution in [-0.2, 0) is 29.1 Å². The largest absolute Gasteiger partial charge is 0.355 e. The van der Waals surface area contributed by atoms with E-state index in [2.05, 4.69) is 5.32 Å². The molecule has 10 heteroatoms. The maximum absolute atomic E-state index is 12.8. The summed E-state index contributed by atoms with van der Waals surface area (Å²) in [6.45, 7) is 0.180. The summed E-state index contributed by atoms with van der Waals surface area (Å²) in [4.78, 5) is 0.0517. The van der Waals surface area contributed by atoms with E-state index >= 15 is 0 Å². The van der Waals surface area contributed by atoms with Crippen LogP contribution in [0.2, 0.25) is 5.02 Å². The van der Waals surface area contributed by atoms with Crippen molar-refractivity contribution < 1.29 is 26.3 Å². The minimum absolute atomic E-state index is 0.0517. The lowest BCUT2D eigenvalue weighted by Crippen LogP contribution is -2.46. The molecule has 1 saturated heterocycles. The number of hydrogen-bond acceptors (Lipinski definition) is 7. The Labute approximate surface area is 147 Å². The first-order chi connectivity index (χ1) is 11.2. The SMILES string of the molecule is COC(CNC1CS(=O)(=O)CC1S(=O)(=O)c1ccc(Cl)cc1)OC. The van der Waals surface area contributed by atoms with Crippen molar-refractivity contribution in [2.75, 3.05) is 32.3 Å². The lowest BCUT2D eigenvalue weighted by atomic mass is 10.2. The van der Waals surface area contributed by atoms with Crippen molar-refractivity contribution in [3.8, 4) is 0 Å². The van der Waals surface area contributed by atoms with Gasteiger partial charge in [0.15, 0.2) is 26.0 Å². The van der Waals surface area contributed by atoms with Crippen molar-refractivity contribution >= 4 is 31.3 Å². The van der Waals surface area contributed by atoms with Crippen LogP contribution < -0.4 is 5.32 Å². The molecule has 1 heterocycles. The van der Waals surface area contributed by atoms with Gasteiger partial charge in [0.1, 0.15) is 0 Å². The van der Waals surface area contributed by atoms with Crippen LogP contribution in [0.1, 0.15) is 0 Å². The summed E-state index contributed by atoms with van der Waals surface area (Å²) in [5, 5.41) is 2.28. The van der Waals surface area contributed by atoms with Gasteiger partial charge in [0.2, 0.25) is 0 Å². The second kappa shape index (κ2) is 7.67. The van der Waals surface area contributed by atoms with E-state index in [-0.39, 0.29) is 17.2 Å². The average molecular weight is 398 g/mol. The van der Waals surface area contributed by atoms with E-state index in [0.29, 0.717) is 5.02 Å². The number of rotatable bonds is 7. The number of nitrogens with one attached hydrogen (secondary N) is 1. The highest BCUT2D eigenvalue weighted by Crippen LogP contribution is 2.26. The molecule has 0 bridgehead atoms. The summed E-state index contributed by atoms with van der Waals surface area (Å²) in [6, 6.07) is 4.96. The van der Waals surface area contributed by atoms with Crippen molar-refractivity contribution in [3.05, 3.63) is 29.3 Å². The van der Waals surface area contributed by atoms with Gasteiger partial charge in [-0.25, -0.2) is 16.8 Å². The Morgan fingerprint density at radius 3 is 2.33 bits per heavy atom. The van der Waals surface area contributed by atoms with Gasteiger partial charge < -0.3 is 14.8 Å². The molecule has 1 aromatic carbocycles. The van der Waals surface area contributed by atoms with E-state index in [4.69, 9.17) is 21.1 Å². The molecule has 2 atom stereocenters. The quantitative estimate of drug-likeness (QED) is 0.668. The summed E-state index contributed by atoms with van der Waals surface area (Å²) in [6.07, 6.45) is -0.591. The van der Waals surface area contributed by atoms with E-state index in [1.54, 1.807) is 0 Å². The lowest BCUT2D eigenvalue weighted by Gasteiger charge is -2.22. The number of halogens is 1. The first-order valence-corrected chi connectivity index (χ1v) is 10.9. The maximum atomic E-state index is 12.8. The molecule has 7 nitrogen and oxygen atoms in total. The molecule has 0 aliphatic carbocycles.